The number of benzene rings is 2. The minimum absolute atomic E-state index is 0.305. The summed E-state index contributed by atoms with van der Waals surface area (Å²) in [6.07, 6.45) is 4.82. The minimum Gasteiger partial charge on any atom is -0.325 e. The van der Waals surface area contributed by atoms with Gasteiger partial charge in [0.05, 0.1) is 16.4 Å². The molecule has 0 amide bonds. The van der Waals surface area contributed by atoms with E-state index < -0.39 is 0 Å². The first-order valence-corrected chi connectivity index (χ1v) is 11.1. The Hall–Kier alpha value is -3.50. The summed E-state index contributed by atoms with van der Waals surface area (Å²) in [4.78, 5) is 6.92. The predicted molar refractivity (Wildman–Crippen MR) is 122 cm³/mol. The molecule has 2 aromatic carbocycles. The van der Waals surface area contributed by atoms with E-state index in [4.69, 9.17) is 10.7 Å². The fraction of sp³-hybridized carbons (Fsp3) is 0.320. The normalized spacial score (nSPS) is 17.0. The number of anilines is 2. The lowest BCUT2D eigenvalue weighted by Gasteiger charge is -2.26. The second-order valence-corrected chi connectivity index (χ2v) is 8.77. The molecule has 6 rings (SSSR count). The van der Waals surface area contributed by atoms with Gasteiger partial charge in [0, 0.05) is 17.8 Å². The van der Waals surface area contributed by atoms with Crippen LogP contribution in [0.3, 0.4) is 0 Å². The zero-order valence-electron chi connectivity index (χ0n) is 17.9. The van der Waals surface area contributed by atoms with E-state index in [2.05, 4.69) is 39.1 Å². The average Bonchev–Trinajstić information content (AvgIpc) is 3.47. The number of nitrogens with two attached hydrogens (primary N) is 1. The molecule has 2 aliphatic rings. The molecule has 160 valence electrons. The fourth-order valence-corrected chi connectivity index (χ4v) is 4.54. The van der Waals surface area contributed by atoms with Gasteiger partial charge in [-0.15, -0.1) is 10.2 Å². The first-order chi connectivity index (χ1) is 15.5. The van der Waals surface area contributed by atoms with E-state index in [1.165, 1.54) is 11.6 Å². The lowest BCUT2D eigenvalue weighted by molar-refractivity contribution is 0.638. The fourth-order valence-electron chi connectivity index (χ4n) is 4.54. The van der Waals surface area contributed by atoms with Crippen LogP contribution in [0.5, 0.6) is 0 Å². The maximum atomic E-state index is 15.2. The Morgan fingerprint density at radius 1 is 1.09 bits per heavy atom. The van der Waals surface area contributed by atoms with Gasteiger partial charge in [-0.05, 0) is 68.9 Å². The zero-order chi connectivity index (χ0) is 21.9. The van der Waals surface area contributed by atoms with Crippen molar-refractivity contribution >= 4 is 28.2 Å². The molecule has 0 bridgehead atoms. The van der Waals surface area contributed by atoms with Crippen LogP contribution >= 0.6 is 0 Å². The third-order valence-corrected chi connectivity index (χ3v) is 6.46. The van der Waals surface area contributed by atoms with Crippen molar-refractivity contribution in [2.24, 2.45) is 5.73 Å². The summed E-state index contributed by atoms with van der Waals surface area (Å²) in [5, 5.41) is 8.88. The third kappa shape index (κ3) is 3.02. The largest absolute Gasteiger partial charge is 0.325 e. The molecule has 0 saturated heterocycles. The molecule has 0 spiro atoms. The molecule has 2 aromatic heterocycles. The lowest BCUT2D eigenvalue weighted by atomic mass is 10.0. The molecule has 0 atom stereocenters. The van der Waals surface area contributed by atoms with Crippen molar-refractivity contribution < 1.29 is 4.39 Å². The van der Waals surface area contributed by atoms with Crippen LogP contribution in [-0.4, -0.2) is 31.7 Å². The molecule has 1 aliphatic heterocycles. The molecule has 32 heavy (non-hydrogen) atoms. The number of hydrogen-bond acceptors (Lipinski definition) is 5. The van der Waals surface area contributed by atoms with Gasteiger partial charge in [0.25, 0.3) is 5.78 Å². The van der Waals surface area contributed by atoms with Gasteiger partial charge in [-0.3, -0.25) is 4.40 Å². The number of halogens is 1. The minimum atomic E-state index is -0.329. The van der Waals surface area contributed by atoms with Crippen LogP contribution in [0.4, 0.5) is 15.9 Å². The van der Waals surface area contributed by atoms with Crippen LogP contribution in [0.2, 0.25) is 0 Å². The van der Waals surface area contributed by atoms with Crippen molar-refractivity contribution in [2.75, 3.05) is 11.4 Å². The monoisotopic (exact) mass is 426 g/mol. The van der Waals surface area contributed by atoms with Crippen molar-refractivity contribution in [1.82, 2.24) is 19.6 Å². The van der Waals surface area contributed by atoms with Gasteiger partial charge in [0.2, 0.25) is 0 Å². The van der Waals surface area contributed by atoms with Crippen molar-refractivity contribution in [3.63, 3.8) is 0 Å². The van der Waals surface area contributed by atoms with Gasteiger partial charge < -0.3 is 10.6 Å². The highest BCUT2D eigenvalue weighted by Crippen LogP contribution is 2.38. The average molecular weight is 426 g/mol. The number of hydrogen-bond donors (Lipinski definition) is 1. The van der Waals surface area contributed by atoms with Crippen molar-refractivity contribution in [3.05, 3.63) is 59.2 Å². The standard InChI is InChI=1S/C25H23FN6/c1-16-29-30-24-28-23(22-19(26)8-5-10-21(22)32(16)24)31-15-3-2-7-18-17(6-4-9-20(18)31)11-12-25(27)13-14-25/h4-6,8-10H,2-3,7,13-15,27H2,1H3. The first-order valence-electron chi connectivity index (χ1n) is 11.1. The number of aromatic nitrogens is 4. The molecule has 0 unspecified atom stereocenters. The van der Waals surface area contributed by atoms with E-state index in [0.717, 1.165) is 49.9 Å². The molecule has 4 aromatic rings. The van der Waals surface area contributed by atoms with Crippen LogP contribution in [-0.2, 0) is 6.42 Å². The summed E-state index contributed by atoms with van der Waals surface area (Å²) in [7, 11) is 0. The SMILES string of the molecule is Cc1nnc2nc(N3CCCCc4c(C#CC5(N)CC5)cccc43)c3c(F)cccc3n12. The van der Waals surface area contributed by atoms with Crippen LogP contribution in [0.15, 0.2) is 36.4 Å². The van der Waals surface area contributed by atoms with Gasteiger partial charge >= 0.3 is 0 Å². The Labute approximate surface area is 185 Å². The van der Waals surface area contributed by atoms with E-state index in [1.807, 2.05) is 19.1 Å². The molecular formula is C25H23FN6. The number of aryl methyl sites for hydroxylation is 1. The first kappa shape index (κ1) is 19.2. The number of nitrogens with zero attached hydrogens (tertiary/aromatic N) is 5. The third-order valence-electron chi connectivity index (χ3n) is 6.46. The highest BCUT2D eigenvalue weighted by molar-refractivity contribution is 5.94. The second kappa shape index (κ2) is 7.01. The smallest absolute Gasteiger partial charge is 0.257 e. The van der Waals surface area contributed by atoms with Crippen molar-refractivity contribution in [1.29, 1.82) is 0 Å². The highest BCUT2D eigenvalue weighted by Gasteiger charge is 2.36. The predicted octanol–water partition coefficient (Wildman–Crippen LogP) is 4.04. The molecule has 7 heteroatoms. The Morgan fingerprint density at radius 3 is 2.78 bits per heavy atom. The van der Waals surface area contributed by atoms with Gasteiger partial charge in [-0.25, -0.2) is 4.39 Å². The summed E-state index contributed by atoms with van der Waals surface area (Å²) < 4.78 is 17.0. The van der Waals surface area contributed by atoms with Crippen molar-refractivity contribution in [3.8, 4) is 11.8 Å². The summed E-state index contributed by atoms with van der Waals surface area (Å²) >= 11 is 0. The van der Waals surface area contributed by atoms with E-state index >= 15 is 4.39 Å². The van der Waals surface area contributed by atoms with Crippen LogP contribution in [0.1, 0.15) is 42.6 Å². The quantitative estimate of drug-likeness (QED) is 0.465. The molecule has 6 nitrogen and oxygen atoms in total. The van der Waals surface area contributed by atoms with Gasteiger partial charge in [-0.2, -0.15) is 4.98 Å². The molecule has 3 heterocycles. The maximum absolute atomic E-state index is 15.2. The van der Waals surface area contributed by atoms with E-state index in [1.54, 1.807) is 10.5 Å². The van der Waals surface area contributed by atoms with Crippen LogP contribution < -0.4 is 10.6 Å². The van der Waals surface area contributed by atoms with Gasteiger partial charge in [0.1, 0.15) is 17.5 Å². The molecule has 1 aliphatic carbocycles. The molecule has 0 radical (unpaired) electrons. The van der Waals surface area contributed by atoms with E-state index in [-0.39, 0.29) is 11.4 Å². The van der Waals surface area contributed by atoms with Crippen LogP contribution in [0.25, 0.3) is 16.7 Å². The maximum Gasteiger partial charge on any atom is 0.257 e. The van der Waals surface area contributed by atoms with Gasteiger partial charge in [0.15, 0.2) is 0 Å². The number of fused-ring (bicyclic) bond motifs is 4. The summed E-state index contributed by atoms with van der Waals surface area (Å²) in [5.41, 5.74) is 9.78. The van der Waals surface area contributed by atoms with Crippen molar-refractivity contribution in [2.45, 2.75) is 44.6 Å². The Morgan fingerprint density at radius 2 is 1.94 bits per heavy atom. The Bertz CT molecular complexity index is 1440. The summed E-state index contributed by atoms with van der Waals surface area (Å²) in [6.45, 7) is 2.59. The molecular weight excluding hydrogens is 403 g/mol. The van der Waals surface area contributed by atoms with E-state index in [9.17, 15) is 0 Å². The van der Waals surface area contributed by atoms with Crippen LogP contribution in [0, 0.1) is 24.6 Å². The molecule has 1 fully saturated rings. The lowest BCUT2D eigenvalue weighted by Crippen LogP contribution is -2.21. The summed E-state index contributed by atoms with van der Waals surface area (Å²) in [5.74, 6) is 8.00. The number of rotatable bonds is 1. The van der Waals surface area contributed by atoms with Gasteiger partial charge in [-0.1, -0.05) is 24.0 Å². The van der Waals surface area contributed by atoms with E-state index in [0.29, 0.717) is 28.3 Å². The Balaban J connectivity index is 1.59. The highest BCUT2D eigenvalue weighted by atomic mass is 19.1. The zero-order valence-corrected chi connectivity index (χ0v) is 17.9. The molecule has 1 saturated carbocycles. The summed E-state index contributed by atoms with van der Waals surface area (Å²) in [6, 6.07) is 11.2. The topological polar surface area (TPSA) is 72.3 Å². The Kier molecular flexibility index (Phi) is 4.21. The molecule has 2 N–H and O–H groups in total. The second-order valence-electron chi connectivity index (χ2n) is 8.77.